The zero-order valence-corrected chi connectivity index (χ0v) is 22.7. The number of ether oxygens (including phenoxy) is 2. The van der Waals surface area contributed by atoms with Crippen LogP contribution in [0.5, 0.6) is 11.5 Å². The van der Waals surface area contributed by atoms with E-state index in [0.717, 1.165) is 0 Å². The van der Waals surface area contributed by atoms with Crippen molar-refractivity contribution in [1.82, 2.24) is 24.3 Å². The molecule has 3 aromatic rings. The molecule has 0 spiro atoms. The summed E-state index contributed by atoms with van der Waals surface area (Å²) in [6.07, 6.45) is 1.24. The first-order valence-corrected chi connectivity index (χ1v) is 12.4. The minimum atomic E-state index is -0.657. The zero-order valence-electron chi connectivity index (χ0n) is 20.5. The van der Waals surface area contributed by atoms with Gasteiger partial charge in [0.15, 0.2) is 11.5 Å². The van der Waals surface area contributed by atoms with Gasteiger partial charge in [0.05, 0.1) is 19.9 Å². The van der Waals surface area contributed by atoms with Crippen LogP contribution in [0.1, 0.15) is 0 Å². The van der Waals surface area contributed by atoms with Gasteiger partial charge < -0.3 is 24.6 Å². The SMILES string of the molecule is C=CC(=O)N1CCN(C(=O)Cn2c(=O)c(Nc3c(Cl)c(OC)cc(OC)c3Cl)nc3ccc(Cl)nc32)CC1. The van der Waals surface area contributed by atoms with E-state index in [4.69, 9.17) is 44.3 Å². The Labute approximate surface area is 232 Å². The lowest BCUT2D eigenvalue weighted by Crippen LogP contribution is -2.51. The van der Waals surface area contributed by atoms with Crippen LogP contribution in [0, 0.1) is 0 Å². The predicted molar refractivity (Wildman–Crippen MR) is 145 cm³/mol. The summed E-state index contributed by atoms with van der Waals surface area (Å²) in [5.74, 6) is -0.176. The number of hydrogen-bond acceptors (Lipinski definition) is 8. The molecule has 200 valence electrons. The zero-order chi connectivity index (χ0) is 27.6. The van der Waals surface area contributed by atoms with Crippen molar-refractivity contribution in [2.24, 2.45) is 0 Å². The number of carbonyl (C=O) groups excluding carboxylic acids is 2. The molecule has 0 saturated carbocycles. The van der Waals surface area contributed by atoms with Gasteiger partial charge in [0.1, 0.15) is 38.8 Å². The Hall–Kier alpha value is -3.54. The lowest BCUT2D eigenvalue weighted by atomic mass is 10.2. The first-order chi connectivity index (χ1) is 18.2. The molecule has 38 heavy (non-hydrogen) atoms. The Bertz CT molecular complexity index is 1460. The molecule has 11 nitrogen and oxygen atoms in total. The van der Waals surface area contributed by atoms with Gasteiger partial charge in [-0.25, -0.2) is 9.97 Å². The molecular weight excluding hydrogens is 559 g/mol. The highest BCUT2D eigenvalue weighted by Crippen LogP contribution is 2.44. The van der Waals surface area contributed by atoms with Gasteiger partial charge in [-0.2, -0.15) is 0 Å². The van der Waals surface area contributed by atoms with Crippen molar-refractivity contribution in [1.29, 1.82) is 0 Å². The lowest BCUT2D eigenvalue weighted by Gasteiger charge is -2.34. The van der Waals surface area contributed by atoms with E-state index in [2.05, 4.69) is 21.9 Å². The summed E-state index contributed by atoms with van der Waals surface area (Å²) < 4.78 is 11.8. The van der Waals surface area contributed by atoms with Crippen molar-refractivity contribution in [3.05, 3.63) is 56.4 Å². The van der Waals surface area contributed by atoms with E-state index in [0.29, 0.717) is 31.7 Å². The van der Waals surface area contributed by atoms with E-state index in [1.807, 2.05) is 0 Å². The van der Waals surface area contributed by atoms with Gasteiger partial charge in [-0.1, -0.05) is 41.4 Å². The summed E-state index contributed by atoms with van der Waals surface area (Å²) in [6.45, 7) is 4.48. The van der Waals surface area contributed by atoms with Gasteiger partial charge in [-0.05, 0) is 18.2 Å². The van der Waals surface area contributed by atoms with Gasteiger partial charge in [-0.15, -0.1) is 0 Å². The number of hydrogen-bond donors (Lipinski definition) is 1. The number of piperazine rings is 1. The third-order valence-electron chi connectivity index (χ3n) is 5.99. The minimum Gasteiger partial charge on any atom is -0.495 e. The fraction of sp³-hybridized carbons (Fsp3) is 0.292. The Balaban J connectivity index is 1.72. The van der Waals surface area contributed by atoms with Crippen LogP contribution in [0.4, 0.5) is 11.5 Å². The topological polar surface area (TPSA) is 119 Å². The third kappa shape index (κ3) is 5.35. The standard InChI is InChI=1S/C24H23Cl3N6O5/c1-4-17(34)31-7-9-32(10-8-31)18(35)12-33-23-13(5-6-16(25)29-23)28-22(24(33)36)30-21-19(26)14(37-2)11-15(38-3)20(21)27/h4-6,11H,1,7-10,12H2,2-3H3,(H,28,30). The fourth-order valence-electron chi connectivity index (χ4n) is 3.98. The summed E-state index contributed by atoms with van der Waals surface area (Å²) in [4.78, 5) is 50.5. The third-order valence-corrected chi connectivity index (χ3v) is 6.95. The van der Waals surface area contributed by atoms with Crippen LogP contribution in [0.2, 0.25) is 15.2 Å². The number of halogens is 3. The van der Waals surface area contributed by atoms with E-state index in [1.165, 1.54) is 37.0 Å². The molecular formula is C24H23Cl3N6O5. The van der Waals surface area contributed by atoms with E-state index < -0.39 is 5.56 Å². The highest BCUT2D eigenvalue weighted by Gasteiger charge is 2.25. The summed E-state index contributed by atoms with van der Waals surface area (Å²) >= 11 is 19.0. The molecule has 3 heterocycles. The number of nitrogens with one attached hydrogen (secondary N) is 1. The van der Waals surface area contributed by atoms with Gasteiger partial charge in [0.2, 0.25) is 11.8 Å². The summed E-state index contributed by atoms with van der Waals surface area (Å²) in [5, 5.41) is 3.20. The van der Waals surface area contributed by atoms with Crippen LogP contribution in [0.3, 0.4) is 0 Å². The second kappa shape index (κ2) is 11.5. The van der Waals surface area contributed by atoms with Crippen molar-refractivity contribution in [2.45, 2.75) is 6.54 Å². The molecule has 0 bridgehead atoms. The number of anilines is 2. The average molecular weight is 582 g/mol. The summed E-state index contributed by atoms with van der Waals surface area (Å²) in [5.41, 5.74) is -0.0959. The molecule has 0 atom stereocenters. The Morgan fingerprint density at radius 3 is 2.21 bits per heavy atom. The predicted octanol–water partition coefficient (Wildman–Crippen LogP) is 3.37. The molecule has 1 aliphatic rings. The fourth-order valence-corrected chi connectivity index (χ4v) is 4.72. The molecule has 1 N–H and O–H groups in total. The van der Waals surface area contributed by atoms with E-state index in [1.54, 1.807) is 15.9 Å². The average Bonchev–Trinajstić information content (AvgIpc) is 2.93. The highest BCUT2D eigenvalue weighted by atomic mass is 35.5. The smallest absolute Gasteiger partial charge is 0.295 e. The molecule has 0 aliphatic carbocycles. The van der Waals surface area contributed by atoms with Crippen molar-refractivity contribution < 1.29 is 19.1 Å². The number of fused-ring (bicyclic) bond motifs is 1. The molecule has 2 amide bonds. The van der Waals surface area contributed by atoms with Crippen LogP contribution in [0.15, 0.2) is 35.6 Å². The van der Waals surface area contributed by atoms with Gasteiger partial charge in [-0.3, -0.25) is 19.0 Å². The Morgan fingerprint density at radius 1 is 1.03 bits per heavy atom. The van der Waals surface area contributed by atoms with Gasteiger partial charge in [0.25, 0.3) is 5.56 Å². The van der Waals surface area contributed by atoms with Crippen molar-refractivity contribution in [3.63, 3.8) is 0 Å². The Kier molecular flexibility index (Phi) is 8.29. The number of methoxy groups -OCH3 is 2. The number of aromatic nitrogens is 3. The maximum absolute atomic E-state index is 13.6. The summed E-state index contributed by atoms with van der Waals surface area (Å²) in [7, 11) is 2.85. The largest absolute Gasteiger partial charge is 0.495 e. The van der Waals surface area contributed by atoms with E-state index in [-0.39, 0.29) is 62.2 Å². The molecule has 0 unspecified atom stereocenters. The van der Waals surface area contributed by atoms with E-state index >= 15 is 0 Å². The molecule has 14 heteroatoms. The second-order valence-corrected chi connectivity index (χ2v) is 9.29. The highest BCUT2D eigenvalue weighted by molar-refractivity contribution is 6.41. The minimum absolute atomic E-state index is 0.100. The molecule has 1 saturated heterocycles. The van der Waals surface area contributed by atoms with Crippen LogP contribution in [-0.4, -0.2) is 76.5 Å². The molecule has 4 rings (SSSR count). The number of carbonyl (C=O) groups is 2. The quantitative estimate of drug-likeness (QED) is 0.333. The molecule has 1 fully saturated rings. The summed E-state index contributed by atoms with van der Waals surface area (Å²) in [6, 6.07) is 4.60. The first kappa shape index (κ1) is 27.5. The first-order valence-electron chi connectivity index (χ1n) is 11.3. The monoisotopic (exact) mass is 580 g/mol. The van der Waals surface area contributed by atoms with Gasteiger partial charge >= 0.3 is 0 Å². The second-order valence-electron chi connectivity index (χ2n) is 8.15. The van der Waals surface area contributed by atoms with Crippen LogP contribution < -0.4 is 20.3 Å². The van der Waals surface area contributed by atoms with Crippen molar-refractivity contribution in [2.75, 3.05) is 45.7 Å². The number of rotatable bonds is 7. The van der Waals surface area contributed by atoms with Crippen LogP contribution in [0.25, 0.3) is 11.2 Å². The van der Waals surface area contributed by atoms with E-state index in [9.17, 15) is 14.4 Å². The van der Waals surface area contributed by atoms with Crippen molar-refractivity contribution >= 4 is 69.3 Å². The van der Waals surface area contributed by atoms with Crippen LogP contribution >= 0.6 is 34.8 Å². The van der Waals surface area contributed by atoms with Crippen LogP contribution in [-0.2, 0) is 16.1 Å². The maximum atomic E-state index is 13.6. The number of benzene rings is 1. The molecule has 0 radical (unpaired) electrons. The number of amides is 2. The van der Waals surface area contributed by atoms with Gasteiger partial charge in [0, 0.05) is 32.2 Å². The van der Waals surface area contributed by atoms with Crippen molar-refractivity contribution in [3.8, 4) is 11.5 Å². The molecule has 2 aromatic heterocycles. The Morgan fingerprint density at radius 2 is 1.63 bits per heavy atom. The molecule has 1 aliphatic heterocycles. The normalized spacial score (nSPS) is 13.4. The molecule has 1 aromatic carbocycles. The number of nitrogens with zero attached hydrogens (tertiary/aromatic N) is 5. The maximum Gasteiger partial charge on any atom is 0.295 e. The number of pyridine rings is 1. The lowest BCUT2D eigenvalue weighted by molar-refractivity contribution is -0.137.